The van der Waals surface area contributed by atoms with E-state index < -0.39 is 5.03 Å². The van der Waals surface area contributed by atoms with Crippen LogP contribution in [-0.2, 0) is 0 Å². The number of nitro groups is 1. The summed E-state index contributed by atoms with van der Waals surface area (Å²) in [5.41, 5.74) is 0.583. The first-order valence-electron chi connectivity index (χ1n) is 2.89. The fourth-order valence-electron chi connectivity index (χ4n) is 0.421. The van der Waals surface area contributed by atoms with E-state index >= 15 is 0 Å². The summed E-state index contributed by atoms with van der Waals surface area (Å²) in [4.78, 5) is 9.86. The van der Waals surface area contributed by atoms with Crippen LogP contribution in [0.4, 0.5) is 0 Å². The summed E-state index contributed by atoms with van der Waals surface area (Å²) >= 11 is 0. The van der Waals surface area contributed by atoms with Crippen LogP contribution in [0.15, 0.2) is 17.4 Å². The quantitative estimate of drug-likeness (QED) is 0.254. The molecule has 0 bridgehead atoms. The lowest BCUT2D eigenvalue weighted by molar-refractivity contribution is -0.485. The predicted molar refractivity (Wildman–Crippen MR) is 41.4 cm³/mol. The molecule has 0 aliphatic heterocycles. The molecule has 0 rings (SSSR count). The second-order valence-corrected chi connectivity index (χ2v) is 1.84. The Labute approximate surface area is 64.1 Å². The molecule has 0 radical (unpaired) electrons. The highest BCUT2D eigenvalue weighted by atomic mass is 16.7. The molecule has 0 fully saturated rings. The summed E-state index contributed by atoms with van der Waals surface area (Å²) in [5, 5.41) is 17.1. The molecule has 0 saturated carbocycles. The van der Waals surface area contributed by atoms with Gasteiger partial charge in [0.15, 0.2) is 5.03 Å². The first-order chi connectivity index (χ1) is 5.06. The van der Waals surface area contributed by atoms with Gasteiger partial charge >= 0.3 is 0 Å². The Hall–Kier alpha value is -1.59. The number of hydrogen-bond acceptors (Lipinski definition) is 2. The molecule has 0 aromatic carbocycles. The van der Waals surface area contributed by atoms with Crippen LogP contribution in [0.3, 0.4) is 0 Å². The van der Waals surface area contributed by atoms with E-state index in [1.165, 1.54) is 7.05 Å². The molecule has 11 heavy (non-hydrogen) atoms. The molecule has 0 aromatic heterocycles. The summed E-state index contributed by atoms with van der Waals surface area (Å²) in [7, 11) is 1.53. The zero-order valence-corrected chi connectivity index (χ0v) is 6.42. The first kappa shape index (κ1) is 9.41. The van der Waals surface area contributed by atoms with Crippen molar-refractivity contribution in [2.45, 2.75) is 6.92 Å². The van der Waals surface area contributed by atoms with Crippen LogP contribution in [0.1, 0.15) is 6.92 Å². The van der Waals surface area contributed by atoms with E-state index in [2.05, 4.69) is 22.3 Å². The van der Waals surface area contributed by atoms with E-state index in [0.717, 1.165) is 0 Å². The number of allylic oxidation sites excluding steroid dienone is 1. The second-order valence-electron chi connectivity index (χ2n) is 1.84. The Kier molecular flexibility index (Phi) is 3.65. The van der Waals surface area contributed by atoms with Crippen molar-refractivity contribution in [3.05, 3.63) is 22.4 Å². The fourth-order valence-corrected chi connectivity index (χ4v) is 0.421. The van der Waals surface area contributed by atoms with E-state index in [4.69, 9.17) is 0 Å². The number of guanidine groups is 1. The van der Waals surface area contributed by atoms with Crippen molar-refractivity contribution in [1.82, 2.24) is 10.6 Å². The van der Waals surface area contributed by atoms with Crippen LogP contribution in [0.25, 0.3) is 0 Å². The lowest BCUT2D eigenvalue weighted by atomic mass is 10.6. The summed E-state index contributed by atoms with van der Waals surface area (Å²) in [6, 6.07) is 0. The fraction of sp³-hybridized carbons (Fsp3) is 0.400. The van der Waals surface area contributed by atoms with Crippen molar-refractivity contribution in [3.63, 3.8) is 0 Å². The van der Waals surface area contributed by atoms with Gasteiger partial charge in [0.2, 0.25) is 0 Å². The van der Waals surface area contributed by atoms with Crippen LogP contribution in [-0.4, -0.2) is 18.0 Å². The highest BCUT2D eigenvalue weighted by molar-refractivity contribution is 5.80. The minimum Gasteiger partial charge on any atom is -0.354 e. The molecule has 0 aliphatic rings. The molecule has 0 saturated heterocycles. The largest absolute Gasteiger partial charge is 0.354 e. The van der Waals surface area contributed by atoms with Gasteiger partial charge in [0.25, 0.3) is 5.96 Å². The topological polar surface area (TPSA) is 79.6 Å². The molecule has 6 nitrogen and oxygen atoms in total. The molecule has 0 amide bonds. The lowest BCUT2D eigenvalue weighted by Crippen LogP contribution is -2.33. The average Bonchev–Trinajstić information content (AvgIpc) is 1.84. The normalized spacial score (nSPS) is 10.5. The molecule has 0 aromatic rings. The van der Waals surface area contributed by atoms with E-state index in [9.17, 15) is 10.1 Å². The predicted octanol–water partition coefficient (Wildman–Crippen LogP) is -0.123. The van der Waals surface area contributed by atoms with Gasteiger partial charge in [-0.15, -0.1) is 0 Å². The van der Waals surface area contributed by atoms with Crippen molar-refractivity contribution >= 4 is 5.96 Å². The van der Waals surface area contributed by atoms with E-state index in [0.29, 0.717) is 5.70 Å². The zero-order valence-electron chi connectivity index (χ0n) is 6.42. The summed E-state index contributed by atoms with van der Waals surface area (Å²) < 4.78 is 0. The van der Waals surface area contributed by atoms with E-state index in [-0.39, 0.29) is 5.96 Å². The Bertz CT molecular complexity index is 199. The average molecular weight is 158 g/mol. The lowest BCUT2D eigenvalue weighted by Gasteiger charge is -2.02. The van der Waals surface area contributed by atoms with Crippen molar-refractivity contribution in [2.75, 3.05) is 7.05 Å². The number of rotatable bonds is 2. The minimum absolute atomic E-state index is 0.0718. The van der Waals surface area contributed by atoms with Crippen LogP contribution >= 0.6 is 0 Å². The third-order valence-electron chi connectivity index (χ3n) is 0.750. The van der Waals surface area contributed by atoms with Crippen molar-refractivity contribution < 1.29 is 5.03 Å². The third-order valence-corrected chi connectivity index (χ3v) is 0.750. The Balaban J connectivity index is 4.16. The van der Waals surface area contributed by atoms with Gasteiger partial charge in [0, 0.05) is 12.7 Å². The maximum Gasteiger partial charge on any atom is 0.272 e. The van der Waals surface area contributed by atoms with Crippen molar-refractivity contribution in [2.24, 2.45) is 5.10 Å². The number of hydrogen-bond donors (Lipinski definition) is 2. The summed E-state index contributed by atoms with van der Waals surface area (Å²) in [6.45, 7) is 5.17. The molecule has 0 unspecified atom stereocenters. The van der Waals surface area contributed by atoms with Crippen molar-refractivity contribution in [1.29, 1.82) is 0 Å². The molecular weight excluding hydrogens is 148 g/mol. The van der Waals surface area contributed by atoms with Crippen LogP contribution in [0, 0.1) is 10.1 Å². The standard InChI is InChI=1S/C5H10N4O2/c1-4(2)7-5(6-3)8-9(10)11/h1H2,2-3H3,(H2,6,7,8). The van der Waals surface area contributed by atoms with Gasteiger partial charge in [-0.2, -0.15) is 0 Å². The van der Waals surface area contributed by atoms with Gasteiger partial charge in [0.05, 0.1) is 0 Å². The number of nitrogens with one attached hydrogen (secondary N) is 2. The van der Waals surface area contributed by atoms with Gasteiger partial charge in [-0.05, 0) is 6.92 Å². The summed E-state index contributed by atoms with van der Waals surface area (Å²) in [5.74, 6) is 0.0718. The molecule has 0 aliphatic carbocycles. The maximum absolute atomic E-state index is 9.86. The zero-order chi connectivity index (χ0) is 8.85. The first-order valence-corrected chi connectivity index (χ1v) is 2.89. The number of hydrazone groups is 1. The Morgan fingerprint density at radius 3 is 2.55 bits per heavy atom. The van der Waals surface area contributed by atoms with E-state index in [1.807, 2.05) is 0 Å². The molecule has 0 heterocycles. The van der Waals surface area contributed by atoms with Gasteiger partial charge in [-0.25, -0.2) is 10.1 Å². The Morgan fingerprint density at radius 1 is 1.73 bits per heavy atom. The molecule has 0 spiro atoms. The van der Waals surface area contributed by atoms with Gasteiger partial charge in [-0.1, -0.05) is 6.58 Å². The second kappa shape index (κ2) is 4.26. The third kappa shape index (κ3) is 4.89. The van der Waals surface area contributed by atoms with Gasteiger partial charge in [-0.3, -0.25) is 0 Å². The van der Waals surface area contributed by atoms with Crippen LogP contribution in [0.5, 0.6) is 0 Å². The highest BCUT2D eigenvalue weighted by Crippen LogP contribution is 1.79. The SMILES string of the molecule is C=C(C)N/C(=N/[N+](=O)[O-])NC. The van der Waals surface area contributed by atoms with Crippen molar-refractivity contribution in [3.8, 4) is 0 Å². The van der Waals surface area contributed by atoms with E-state index in [1.54, 1.807) is 6.92 Å². The number of nitrogens with zero attached hydrogens (tertiary/aromatic N) is 2. The van der Waals surface area contributed by atoms with Crippen LogP contribution < -0.4 is 10.6 Å². The monoisotopic (exact) mass is 158 g/mol. The Morgan fingerprint density at radius 2 is 2.27 bits per heavy atom. The smallest absolute Gasteiger partial charge is 0.272 e. The molecular formula is C5H10N4O2. The molecule has 2 N–H and O–H groups in total. The molecule has 0 atom stereocenters. The summed E-state index contributed by atoms with van der Waals surface area (Å²) in [6.07, 6.45) is 0. The minimum atomic E-state index is -0.790. The maximum atomic E-state index is 9.86. The highest BCUT2D eigenvalue weighted by Gasteiger charge is 1.99. The molecule has 62 valence electrons. The van der Waals surface area contributed by atoms with Gasteiger partial charge < -0.3 is 10.6 Å². The van der Waals surface area contributed by atoms with Gasteiger partial charge in [0.1, 0.15) is 5.10 Å². The van der Waals surface area contributed by atoms with Crippen LogP contribution in [0.2, 0.25) is 0 Å². The molecule has 6 heteroatoms.